The Morgan fingerprint density at radius 3 is 2.65 bits per heavy atom. The number of Topliss-reactive ketones (excluding diaryl/α,β-unsaturated/α-hetero) is 1. The van der Waals surface area contributed by atoms with E-state index in [-0.39, 0.29) is 29.6 Å². The monoisotopic (exact) mass is 601 g/mol. The molecule has 2 aromatic carbocycles. The number of piperazine rings is 1. The molecule has 9 nitrogen and oxygen atoms in total. The van der Waals surface area contributed by atoms with E-state index >= 15 is 0 Å². The van der Waals surface area contributed by atoms with Gasteiger partial charge in [-0.05, 0) is 75.1 Å². The molecule has 0 aliphatic carbocycles. The van der Waals surface area contributed by atoms with Crippen LogP contribution in [0.5, 0.6) is 0 Å². The largest absolute Gasteiger partial charge is 0.370 e. The number of fused-ring (bicyclic) bond motifs is 2. The summed E-state index contributed by atoms with van der Waals surface area (Å²) in [7, 11) is 0. The van der Waals surface area contributed by atoms with Crippen molar-refractivity contribution >= 4 is 39.2 Å². The van der Waals surface area contributed by atoms with Crippen LogP contribution < -0.4 is 11.1 Å². The molecule has 3 aliphatic heterocycles. The number of ketones is 1. The van der Waals surface area contributed by atoms with Crippen LogP contribution in [0.1, 0.15) is 53.9 Å². The molecule has 0 saturated carbocycles. The number of benzene rings is 2. The van der Waals surface area contributed by atoms with Gasteiger partial charge in [-0.2, -0.15) is 0 Å². The predicted octanol–water partition coefficient (Wildman–Crippen LogP) is 3.74. The number of carbonyl (C=O) groups is 2. The lowest BCUT2D eigenvalue weighted by Gasteiger charge is -2.40. The number of piperidine rings is 1. The number of carbonyl (C=O) groups excluding carboxylic acids is 2. The SMILES string of the molecule is N=C(N)N1CCCC(CC(NC(=O)C2CCC3CN(CCCc4ccccc4)CCN32)C(=O)c2nc3ccccc3s2)C1. The van der Waals surface area contributed by atoms with E-state index < -0.39 is 6.04 Å². The Morgan fingerprint density at radius 2 is 1.84 bits per heavy atom. The molecule has 4 unspecified atom stereocenters. The number of nitrogens with zero attached hydrogens (tertiary/aromatic N) is 4. The third kappa shape index (κ3) is 7.08. The third-order valence-electron chi connectivity index (χ3n) is 9.44. The quantitative estimate of drug-likeness (QED) is 0.184. The lowest BCUT2D eigenvalue weighted by Crippen LogP contribution is -2.57. The number of amides is 1. The van der Waals surface area contributed by atoms with Gasteiger partial charge in [0.2, 0.25) is 11.7 Å². The molecule has 10 heteroatoms. The van der Waals surface area contributed by atoms with Crippen molar-refractivity contribution in [1.82, 2.24) is 25.0 Å². The van der Waals surface area contributed by atoms with Crippen LogP contribution in [0.4, 0.5) is 0 Å². The fraction of sp³-hybridized carbons (Fsp3) is 0.515. The van der Waals surface area contributed by atoms with Crippen molar-refractivity contribution in [3.05, 3.63) is 65.2 Å². The molecule has 1 aromatic heterocycles. The summed E-state index contributed by atoms with van der Waals surface area (Å²) in [4.78, 5) is 39.2. The minimum atomic E-state index is -0.650. The Hall–Kier alpha value is -3.34. The number of hydrogen-bond acceptors (Lipinski definition) is 7. The van der Waals surface area contributed by atoms with Crippen molar-refractivity contribution < 1.29 is 9.59 Å². The van der Waals surface area contributed by atoms with Gasteiger partial charge in [-0.25, -0.2) is 4.98 Å². The molecule has 43 heavy (non-hydrogen) atoms. The second-order valence-corrected chi connectivity index (χ2v) is 13.4. The van der Waals surface area contributed by atoms with Crippen molar-refractivity contribution in [3.63, 3.8) is 0 Å². The number of nitrogens with two attached hydrogens (primary N) is 1. The van der Waals surface area contributed by atoms with Crippen LogP contribution in [0.3, 0.4) is 0 Å². The molecule has 3 saturated heterocycles. The van der Waals surface area contributed by atoms with Gasteiger partial charge in [0.25, 0.3) is 0 Å². The number of aromatic nitrogens is 1. The van der Waals surface area contributed by atoms with E-state index in [0.29, 0.717) is 24.0 Å². The summed E-state index contributed by atoms with van der Waals surface area (Å²) in [5, 5.41) is 11.5. The topological polar surface area (TPSA) is 119 Å². The maximum atomic E-state index is 13.9. The third-order valence-corrected chi connectivity index (χ3v) is 10.5. The molecule has 0 spiro atoms. The number of hydrogen-bond donors (Lipinski definition) is 3. The molecule has 3 aromatic rings. The molecule has 3 fully saturated rings. The molecule has 1 amide bonds. The highest BCUT2D eigenvalue weighted by Gasteiger charge is 2.42. The Labute approximate surface area is 257 Å². The van der Waals surface area contributed by atoms with Crippen LogP contribution in [-0.2, 0) is 11.2 Å². The highest BCUT2D eigenvalue weighted by molar-refractivity contribution is 7.20. The first kappa shape index (κ1) is 29.7. The van der Waals surface area contributed by atoms with Crippen LogP contribution in [0.2, 0.25) is 0 Å². The standard InChI is InChI=1S/C33H43N7O2S/c34-33(35)39-17-7-11-24(21-39)20-27(30(41)32-37-26-12-4-5-13-29(26)43-32)36-31(42)28-15-14-25-22-38(18-19-40(25)28)16-6-10-23-8-2-1-3-9-23/h1-5,8-9,12-13,24-25,27-28H,6-7,10-11,14-22H2,(H3,34,35)(H,36,42). The van der Waals surface area contributed by atoms with E-state index in [2.05, 4.69) is 50.4 Å². The summed E-state index contributed by atoms with van der Waals surface area (Å²) >= 11 is 1.39. The van der Waals surface area contributed by atoms with Crippen LogP contribution in [0, 0.1) is 11.3 Å². The lowest BCUT2D eigenvalue weighted by molar-refractivity contribution is -0.127. The first-order chi connectivity index (χ1) is 20.9. The van der Waals surface area contributed by atoms with Gasteiger partial charge in [0.1, 0.15) is 0 Å². The van der Waals surface area contributed by atoms with Gasteiger partial charge in [-0.15, -0.1) is 11.3 Å². The summed E-state index contributed by atoms with van der Waals surface area (Å²) in [5.74, 6) is 0.0713. The van der Waals surface area contributed by atoms with Crippen molar-refractivity contribution in [2.45, 2.75) is 63.1 Å². The first-order valence-corrected chi connectivity index (χ1v) is 16.6. The van der Waals surface area contributed by atoms with E-state index in [9.17, 15) is 9.59 Å². The number of nitrogens with one attached hydrogen (secondary N) is 2. The van der Waals surface area contributed by atoms with Gasteiger partial charge in [0, 0.05) is 38.8 Å². The fourth-order valence-electron chi connectivity index (χ4n) is 7.19. The van der Waals surface area contributed by atoms with Gasteiger partial charge in [-0.3, -0.25) is 19.9 Å². The van der Waals surface area contributed by atoms with Crippen molar-refractivity contribution in [2.24, 2.45) is 11.7 Å². The van der Waals surface area contributed by atoms with Gasteiger partial charge < -0.3 is 20.9 Å². The van der Waals surface area contributed by atoms with Gasteiger partial charge in [0.05, 0.1) is 22.3 Å². The zero-order valence-electron chi connectivity index (χ0n) is 24.8. The summed E-state index contributed by atoms with van der Waals surface area (Å²) in [6.07, 6.45) is 6.43. The molecule has 0 bridgehead atoms. The maximum absolute atomic E-state index is 13.9. The molecule has 4 N–H and O–H groups in total. The molecule has 6 rings (SSSR count). The Morgan fingerprint density at radius 1 is 1.02 bits per heavy atom. The van der Waals surface area contributed by atoms with E-state index in [0.717, 1.165) is 81.5 Å². The highest BCUT2D eigenvalue weighted by atomic mass is 32.1. The molecule has 3 aliphatic rings. The van der Waals surface area contributed by atoms with Crippen LogP contribution in [0.15, 0.2) is 54.6 Å². The normalized spacial score (nSPS) is 23.6. The Balaban J connectivity index is 1.09. The summed E-state index contributed by atoms with van der Waals surface area (Å²) in [5.41, 5.74) is 7.99. The van der Waals surface area contributed by atoms with E-state index in [4.69, 9.17) is 11.1 Å². The first-order valence-electron chi connectivity index (χ1n) is 15.8. The minimum absolute atomic E-state index is 0.0428. The number of guanidine groups is 1. The molecular formula is C33H43N7O2S. The second kappa shape index (κ2) is 13.5. The fourth-order valence-corrected chi connectivity index (χ4v) is 8.15. The smallest absolute Gasteiger partial charge is 0.237 e. The number of para-hydroxylation sites is 1. The van der Waals surface area contributed by atoms with E-state index in [1.54, 1.807) is 0 Å². The zero-order valence-corrected chi connectivity index (χ0v) is 25.6. The average molecular weight is 602 g/mol. The Bertz CT molecular complexity index is 1400. The van der Waals surface area contributed by atoms with Crippen molar-refractivity contribution in [2.75, 3.05) is 39.3 Å². The summed E-state index contributed by atoms with van der Waals surface area (Å²) in [6.45, 7) is 5.30. The van der Waals surface area contributed by atoms with Crippen LogP contribution in [0.25, 0.3) is 10.2 Å². The summed E-state index contributed by atoms with van der Waals surface area (Å²) < 4.78 is 0.969. The number of aryl methyl sites for hydroxylation is 1. The molecular weight excluding hydrogens is 558 g/mol. The van der Waals surface area contributed by atoms with Crippen LogP contribution in [-0.4, -0.2) is 94.7 Å². The van der Waals surface area contributed by atoms with Crippen molar-refractivity contribution in [3.8, 4) is 0 Å². The lowest BCUT2D eigenvalue weighted by atomic mass is 9.89. The molecule has 0 radical (unpaired) electrons. The minimum Gasteiger partial charge on any atom is -0.370 e. The molecule has 4 atom stereocenters. The van der Waals surface area contributed by atoms with Gasteiger partial charge in [0.15, 0.2) is 11.0 Å². The Kier molecular flexibility index (Phi) is 9.35. The maximum Gasteiger partial charge on any atom is 0.237 e. The second-order valence-electron chi connectivity index (χ2n) is 12.4. The predicted molar refractivity (Wildman–Crippen MR) is 171 cm³/mol. The van der Waals surface area contributed by atoms with Crippen molar-refractivity contribution in [1.29, 1.82) is 5.41 Å². The van der Waals surface area contributed by atoms with Crippen LogP contribution >= 0.6 is 11.3 Å². The molecule has 228 valence electrons. The van der Waals surface area contributed by atoms with E-state index in [1.165, 1.54) is 16.9 Å². The molecule has 4 heterocycles. The van der Waals surface area contributed by atoms with Gasteiger partial charge >= 0.3 is 0 Å². The number of rotatable bonds is 10. The van der Waals surface area contributed by atoms with E-state index in [1.807, 2.05) is 29.2 Å². The average Bonchev–Trinajstić information content (AvgIpc) is 3.65. The number of thiazole rings is 1. The summed E-state index contributed by atoms with van der Waals surface area (Å²) in [6, 6.07) is 17.9. The zero-order chi connectivity index (χ0) is 29.8. The highest BCUT2D eigenvalue weighted by Crippen LogP contribution is 2.30. The van der Waals surface area contributed by atoms with Gasteiger partial charge in [-0.1, -0.05) is 42.5 Å². The number of likely N-dealkylation sites (tertiary alicyclic amines) is 1.